The molecule has 1 aromatic heterocycles. The summed E-state index contributed by atoms with van der Waals surface area (Å²) in [6.45, 7) is 5.56. The van der Waals surface area contributed by atoms with Gasteiger partial charge in [-0.3, -0.25) is 0 Å². The summed E-state index contributed by atoms with van der Waals surface area (Å²) >= 11 is 3.54. The van der Waals surface area contributed by atoms with Crippen LogP contribution in [0.25, 0.3) is 10.9 Å². The van der Waals surface area contributed by atoms with Crippen molar-refractivity contribution in [1.29, 1.82) is 0 Å². The maximum Gasteiger partial charge on any atom is 0.408 e. The normalized spacial score (nSPS) is 12.4. The molecule has 0 saturated carbocycles. The molecule has 1 heterocycles. The van der Waals surface area contributed by atoms with E-state index in [4.69, 9.17) is 9.47 Å². The van der Waals surface area contributed by atoms with Crippen LogP contribution in [0.5, 0.6) is 5.75 Å². The third-order valence-electron chi connectivity index (χ3n) is 4.48. The van der Waals surface area contributed by atoms with Gasteiger partial charge >= 0.3 is 12.1 Å². The number of H-pyrrole nitrogens is 1. The van der Waals surface area contributed by atoms with Gasteiger partial charge in [0, 0.05) is 22.5 Å². The van der Waals surface area contributed by atoms with Crippen molar-refractivity contribution in [2.24, 2.45) is 0 Å². The van der Waals surface area contributed by atoms with E-state index < -0.39 is 23.7 Å². The smallest absolute Gasteiger partial charge is 0.408 e. The van der Waals surface area contributed by atoms with E-state index >= 15 is 0 Å². The number of halogens is 1. The van der Waals surface area contributed by atoms with Gasteiger partial charge in [-0.05, 0) is 44.0 Å². The molecule has 1 unspecified atom stereocenters. The fourth-order valence-electron chi connectivity index (χ4n) is 3.13. The SMILES string of the molecule is CC(C)(C)OC(=O)NC(Cc1c[nH]c2c(OCc3ccccc3)ccc(Br)c12)C(=O)O. The van der Waals surface area contributed by atoms with Crippen LogP contribution in [0.1, 0.15) is 31.9 Å². The van der Waals surface area contributed by atoms with Crippen molar-refractivity contribution in [2.45, 2.75) is 45.4 Å². The van der Waals surface area contributed by atoms with Crippen LogP contribution in [0.2, 0.25) is 0 Å². The van der Waals surface area contributed by atoms with Gasteiger partial charge in [-0.1, -0.05) is 46.3 Å². The third-order valence-corrected chi connectivity index (χ3v) is 5.14. The van der Waals surface area contributed by atoms with Gasteiger partial charge in [-0.15, -0.1) is 0 Å². The minimum atomic E-state index is -1.15. The predicted octanol–water partition coefficient (Wildman–Crippen LogP) is 5.03. The molecule has 164 valence electrons. The molecule has 0 spiro atoms. The highest BCUT2D eigenvalue weighted by molar-refractivity contribution is 9.10. The first-order valence-corrected chi connectivity index (χ1v) is 10.6. The first-order valence-electron chi connectivity index (χ1n) is 9.81. The number of carboxylic acid groups (broad SMARTS) is 1. The zero-order valence-electron chi connectivity index (χ0n) is 17.6. The Kier molecular flexibility index (Phi) is 6.90. The number of hydrogen-bond donors (Lipinski definition) is 3. The van der Waals surface area contributed by atoms with Gasteiger partial charge in [-0.25, -0.2) is 9.59 Å². The summed E-state index contributed by atoms with van der Waals surface area (Å²) in [5.74, 6) is -0.493. The van der Waals surface area contributed by atoms with Crippen molar-refractivity contribution in [3.05, 3.63) is 64.3 Å². The minimum Gasteiger partial charge on any atom is -0.487 e. The number of hydrogen-bond acceptors (Lipinski definition) is 4. The molecule has 1 amide bonds. The second-order valence-corrected chi connectivity index (χ2v) is 8.98. The van der Waals surface area contributed by atoms with E-state index in [1.54, 1.807) is 27.0 Å². The summed E-state index contributed by atoms with van der Waals surface area (Å²) in [6.07, 6.45) is 1.04. The lowest BCUT2D eigenvalue weighted by molar-refractivity contribution is -0.139. The molecule has 31 heavy (non-hydrogen) atoms. The van der Waals surface area contributed by atoms with Gasteiger partial charge < -0.3 is 24.9 Å². The number of alkyl carbamates (subject to hydrolysis) is 1. The molecule has 3 aromatic rings. The van der Waals surface area contributed by atoms with Crippen molar-refractivity contribution in [1.82, 2.24) is 10.3 Å². The van der Waals surface area contributed by atoms with Gasteiger partial charge in [0.05, 0.1) is 5.52 Å². The Bertz CT molecular complexity index is 1070. The Balaban J connectivity index is 1.81. The summed E-state index contributed by atoms with van der Waals surface area (Å²) in [4.78, 5) is 27.0. The van der Waals surface area contributed by atoms with Crippen molar-refractivity contribution in [2.75, 3.05) is 0 Å². The lowest BCUT2D eigenvalue weighted by Crippen LogP contribution is -2.44. The zero-order chi connectivity index (χ0) is 22.6. The Morgan fingerprint density at radius 1 is 1.16 bits per heavy atom. The number of carboxylic acids is 1. The summed E-state index contributed by atoms with van der Waals surface area (Å²) < 4.78 is 12.0. The molecule has 0 saturated heterocycles. The van der Waals surface area contributed by atoms with Crippen LogP contribution in [0, 0.1) is 0 Å². The highest BCUT2D eigenvalue weighted by Crippen LogP contribution is 2.34. The molecule has 0 aliphatic heterocycles. The Hall–Kier alpha value is -3.00. The maximum atomic E-state index is 12.1. The fraction of sp³-hybridized carbons (Fsp3) is 0.304. The quantitative estimate of drug-likeness (QED) is 0.432. The molecule has 0 radical (unpaired) electrons. The number of aromatic nitrogens is 1. The fourth-order valence-corrected chi connectivity index (χ4v) is 3.72. The average Bonchev–Trinajstić information content (AvgIpc) is 3.11. The van der Waals surface area contributed by atoms with E-state index in [-0.39, 0.29) is 6.42 Å². The summed E-state index contributed by atoms with van der Waals surface area (Å²) in [7, 11) is 0. The standard InChI is InChI=1S/C23H25BrN2O5/c1-23(2,3)31-22(29)26-17(21(27)28)11-15-12-25-20-18(10-9-16(24)19(15)20)30-13-14-7-5-4-6-8-14/h4-10,12,17,25H,11,13H2,1-3H3,(H,26,29)(H,27,28). The van der Waals surface area contributed by atoms with E-state index in [9.17, 15) is 14.7 Å². The third kappa shape index (κ3) is 6.01. The van der Waals surface area contributed by atoms with Crippen LogP contribution in [-0.2, 0) is 22.6 Å². The lowest BCUT2D eigenvalue weighted by Gasteiger charge is -2.22. The molecule has 1 atom stereocenters. The highest BCUT2D eigenvalue weighted by Gasteiger charge is 2.26. The maximum absolute atomic E-state index is 12.1. The molecule has 0 aliphatic carbocycles. The molecular weight excluding hydrogens is 464 g/mol. The molecule has 8 heteroatoms. The molecule has 0 aliphatic rings. The van der Waals surface area contributed by atoms with Gasteiger partial charge in [0.15, 0.2) is 0 Å². The van der Waals surface area contributed by atoms with E-state index in [1.165, 1.54) is 0 Å². The summed E-state index contributed by atoms with van der Waals surface area (Å²) in [5.41, 5.74) is 1.80. The highest BCUT2D eigenvalue weighted by atomic mass is 79.9. The number of rotatable bonds is 7. The van der Waals surface area contributed by atoms with Crippen LogP contribution < -0.4 is 10.1 Å². The van der Waals surface area contributed by atoms with Crippen LogP contribution in [0.15, 0.2) is 53.1 Å². The van der Waals surface area contributed by atoms with Gasteiger partial charge in [0.25, 0.3) is 0 Å². The monoisotopic (exact) mass is 488 g/mol. The molecule has 0 fully saturated rings. The van der Waals surface area contributed by atoms with E-state index in [2.05, 4.69) is 26.2 Å². The van der Waals surface area contributed by atoms with E-state index in [1.807, 2.05) is 42.5 Å². The van der Waals surface area contributed by atoms with Crippen LogP contribution in [0.3, 0.4) is 0 Å². The summed E-state index contributed by atoms with van der Waals surface area (Å²) in [5, 5.41) is 12.9. The Morgan fingerprint density at radius 2 is 1.87 bits per heavy atom. The number of ether oxygens (including phenoxy) is 2. The molecular formula is C23H25BrN2O5. The topological polar surface area (TPSA) is 101 Å². The second-order valence-electron chi connectivity index (χ2n) is 8.12. The van der Waals surface area contributed by atoms with Crippen molar-refractivity contribution >= 4 is 38.9 Å². The lowest BCUT2D eigenvalue weighted by atomic mass is 10.0. The number of aromatic amines is 1. The molecule has 2 aromatic carbocycles. The van der Waals surface area contributed by atoms with Gasteiger partial charge in [0.1, 0.15) is 24.0 Å². The Morgan fingerprint density at radius 3 is 2.52 bits per heavy atom. The van der Waals surface area contributed by atoms with Crippen LogP contribution in [-0.4, -0.2) is 33.8 Å². The number of nitrogens with one attached hydrogen (secondary N) is 2. The second kappa shape index (κ2) is 9.43. The number of fused-ring (bicyclic) bond motifs is 1. The molecule has 3 rings (SSSR count). The summed E-state index contributed by atoms with van der Waals surface area (Å²) in [6, 6.07) is 12.4. The number of amides is 1. The number of carbonyl (C=O) groups excluding carboxylic acids is 1. The van der Waals surface area contributed by atoms with Gasteiger partial charge in [0.2, 0.25) is 0 Å². The first kappa shape index (κ1) is 22.7. The number of aliphatic carboxylic acids is 1. The van der Waals surface area contributed by atoms with E-state index in [0.29, 0.717) is 12.4 Å². The molecule has 7 nitrogen and oxygen atoms in total. The minimum absolute atomic E-state index is 0.0787. The predicted molar refractivity (Wildman–Crippen MR) is 121 cm³/mol. The van der Waals surface area contributed by atoms with Crippen molar-refractivity contribution in [3.63, 3.8) is 0 Å². The van der Waals surface area contributed by atoms with Crippen LogP contribution >= 0.6 is 15.9 Å². The molecule has 0 bridgehead atoms. The first-order chi connectivity index (χ1) is 14.6. The van der Waals surface area contributed by atoms with Crippen molar-refractivity contribution < 1.29 is 24.2 Å². The van der Waals surface area contributed by atoms with Gasteiger partial charge in [-0.2, -0.15) is 0 Å². The average molecular weight is 489 g/mol. The largest absolute Gasteiger partial charge is 0.487 e. The van der Waals surface area contributed by atoms with Crippen LogP contribution in [0.4, 0.5) is 4.79 Å². The number of carbonyl (C=O) groups is 2. The number of benzene rings is 2. The zero-order valence-corrected chi connectivity index (χ0v) is 19.2. The Labute approximate surface area is 188 Å². The van der Waals surface area contributed by atoms with E-state index in [0.717, 1.165) is 26.5 Å². The molecule has 3 N–H and O–H groups in total. The van der Waals surface area contributed by atoms with Crippen molar-refractivity contribution in [3.8, 4) is 5.75 Å².